The highest BCUT2D eigenvalue weighted by molar-refractivity contribution is 7.88. The zero-order valence-electron chi connectivity index (χ0n) is 25.5. The van der Waals surface area contributed by atoms with Crippen molar-refractivity contribution in [3.8, 4) is 0 Å². The maximum Gasteiger partial charge on any atom is 0.494 e. The molecule has 0 saturated heterocycles. The number of aryl methyl sites for hydroxylation is 1. The second-order valence-corrected chi connectivity index (χ2v) is 17.7. The third-order valence-corrected chi connectivity index (χ3v) is 13.4. The van der Waals surface area contributed by atoms with E-state index in [4.69, 9.17) is 0 Å². The average molecular weight is 771 g/mol. The van der Waals surface area contributed by atoms with E-state index in [9.17, 15) is 56.7 Å². The van der Waals surface area contributed by atoms with E-state index in [0.717, 1.165) is 43.5 Å². The Morgan fingerprint density at radius 2 is 1.54 bits per heavy atom. The number of quaternary nitrogens is 1. The largest absolute Gasteiger partial charge is 0.494 e. The van der Waals surface area contributed by atoms with Crippen molar-refractivity contribution < 1.29 is 70.9 Å². The Bertz CT molecular complexity index is 2620. The summed E-state index contributed by atoms with van der Waals surface area (Å²) in [5, 5.41) is -0.161. The predicted molar refractivity (Wildman–Crippen MR) is 171 cm³/mol. The molecule has 3 aliphatic rings. The van der Waals surface area contributed by atoms with Gasteiger partial charge in [-0.05, 0) is 47.5 Å². The summed E-state index contributed by atoms with van der Waals surface area (Å²) in [6.45, 7) is 0. The van der Waals surface area contributed by atoms with Crippen LogP contribution in [0, 0.1) is 0 Å². The van der Waals surface area contributed by atoms with Gasteiger partial charge in [0.15, 0.2) is 11.4 Å². The van der Waals surface area contributed by atoms with Crippen LogP contribution in [-0.2, 0) is 53.9 Å². The summed E-state index contributed by atoms with van der Waals surface area (Å²) in [6.07, 6.45) is 1.98. The molecular weight excluding hydrogens is 745 g/mol. The van der Waals surface area contributed by atoms with Crippen LogP contribution in [0.1, 0.15) is 32.7 Å². The highest BCUT2D eigenvalue weighted by Gasteiger charge is 2.68. The Hall–Kier alpha value is -4.39. The zero-order chi connectivity index (χ0) is 37.0. The number of aromatic nitrogens is 1. The van der Waals surface area contributed by atoms with Gasteiger partial charge in [0.25, 0.3) is 35.2 Å². The molecular formula is C28H26N4O14S4+2. The van der Waals surface area contributed by atoms with Crippen molar-refractivity contribution in [3.05, 3.63) is 94.4 Å². The van der Waals surface area contributed by atoms with Crippen LogP contribution in [0.15, 0.2) is 76.3 Å². The molecule has 2 heterocycles. The fraction of sp³-hybridized carbons (Fsp3) is 0.179. The lowest BCUT2D eigenvalue weighted by Gasteiger charge is -2.48. The van der Waals surface area contributed by atoms with Crippen molar-refractivity contribution in [1.29, 1.82) is 0 Å². The Balaban J connectivity index is 1.88. The predicted octanol–water partition coefficient (Wildman–Crippen LogP) is -0.809. The van der Waals surface area contributed by atoms with Crippen molar-refractivity contribution in [3.63, 3.8) is 0 Å². The fourth-order valence-corrected chi connectivity index (χ4v) is 10.5. The van der Waals surface area contributed by atoms with Gasteiger partial charge in [0.1, 0.15) is 21.2 Å². The lowest BCUT2D eigenvalue weighted by Crippen LogP contribution is -2.87. The van der Waals surface area contributed by atoms with Gasteiger partial charge in [0.2, 0.25) is 5.25 Å². The molecule has 2 aromatic carbocycles. The number of carbonyl (C=O) groups excluding carboxylic acids is 2. The molecule has 6 N–H and O–H groups in total. The topological polar surface area (TPSA) is 283 Å². The lowest BCUT2D eigenvalue weighted by atomic mass is 9.84. The summed E-state index contributed by atoms with van der Waals surface area (Å²) in [4.78, 5) is 25.6. The lowest BCUT2D eigenvalue weighted by molar-refractivity contribution is -0.789. The second-order valence-electron chi connectivity index (χ2n) is 11.8. The molecule has 3 aromatic rings. The monoisotopic (exact) mass is 770 g/mol. The fourth-order valence-electron chi connectivity index (χ4n) is 6.85. The number of carbonyl (C=O) groups is 2. The molecule has 6 rings (SSSR count). The van der Waals surface area contributed by atoms with E-state index >= 15 is 4.79 Å². The van der Waals surface area contributed by atoms with E-state index in [1.54, 1.807) is 0 Å². The van der Waals surface area contributed by atoms with E-state index in [2.05, 4.69) is 10.3 Å². The Labute approximate surface area is 284 Å². The maximum absolute atomic E-state index is 15.1. The summed E-state index contributed by atoms with van der Waals surface area (Å²) in [5.41, 5.74) is -4.32. The van der Waals surface area contributed by atoms with Gasteiger partial charge in [-0.3, -0.25) is 18.2 Å². The average Bonchev–Trinajstić information content (AvgIpc) is 3.42. The van der Waals surface area contributed by atoms with Crippen molar-refractivity contribution in [2.75, 3.05) is 7.05 Å². The van der Waals surface area contributed by atoms with Crippen LogP contribution in [0.4, 0.5) is 4.79 Å². The Kier molecular flexibility index (Phi) is 7.83. The van der Waals surface area contributed by atoms with Gasteiger partial charge in [-0.1, -0.05) is 24.3 Å². The molecule has 18 nitrogen and oxygen atoms in total. The van der Waals surface area contributed by atoms with Gasteiger partial charge in [-0.25, -0.2) is 15.1 Å². The Morgan fingerprint density at radius 1 is 0.920 bits per heavy atom. The first kappa shape index (κ1) is 35.4. The van der Waals surface area contributed by atoms with E-state index < -0.39 is 111 Å². The van der Waals surface area contributed by atoms with Gasteiger partial charge in [-0.2, -0.15) is 42.9 Å². The maximum atomic E-state index is 15.1. The smallest absolute Gasteiger partial charge is 0.343 e. The number of urea groups is 1. The number of amides is 3. The van der Waals surface area contributed by atoms with Gasteiger partial charge in [-0.15, -0.1) is 0 Å². The zero-order valence-corrected chi connectivity index (χ0v) is 28.8. The SMILES string of the molecule is Cn1cccc1C(=O)[N+](C)(C1=C2NC(=O)[NH+]=C(c3cccc(S(=O)(=O)O)c31)C2S(=O)(=O)O)C1(S(=O)(=O)O)C=Cc2c(cccc2S(=O)(=O)O)C1. The van der Waals surface area contributed by atoms with Gasteiger partial charge >= 0.3 is 22.1 Å². The molecule has 3 atom stereocenters. The van der Waals surface area contributed by atoms with Crippen LogP contribution < -0.4 is 10.3 Å². The number of hydrogen-bond donors (Lipinski definition) is 6. The molecule has 0 spiro atoms. The van der Waals surface area contributed by atoms with Gasteiger partial charge < -0.3 is 4.57 Å². The summed E-state index contributed by atoms with van der Waals surface area (Å²) < 4.78 is 146. The molecule has 264 valence electrons. The highest BCUT2D eigenvalue weighted by Crippen LogP contribution is 2.51. The van der Waals surface area contributed by atoms with Crippen molar-refractivity contribution in [1.82, 2.24) is 9.88 Å². The van der Waals surface area contributed by atoms with Crippen LogP contribution in [0.3, 0.4) is 0 Å². The molecule has 0 radical (unpaired) electrons. The van der Waals surface area contributed by atoms with E-state index in [1.165, 1.54) is 36.0 Å². The molecule has 22 heteroatoms. The second kappa shape index (κ2) is 11.1. The first-order chi connectivity index (χ1) is 22.9. The number of fused-ring (bicyclic) bond motifs is 5. The van der Waals surface area contributed by atoms with Crippen LogP contribution in [0.25, 0.3) is 11.8 Å². The van der Waals surface area contributed by atoms with E-state index in [1.807, 2.05) is 0 Å². The number of likely N-dealkylation sites (N-methyl/N-ethyl adjacent to an activating group) is 1. The van der Waals surface area contributed by atoms with Crippen molar-refractivity contribution >= 4 is 69.9 Å². The standard InChI is InChI=1S/C28H24N4O14S4/c1-31-13-5-8-18(31)26(33)32(2,28(50(44,45)46)12-11-16-15(14-28)6-3-9-19(16)47(35,36)37)24-21-17(7-4-10-20(21)48(38,39)40)22-25(49(41,42)43)23(24)30-27(34)29-22/h3-13,25H,14H2,1-2H3,(H4-,29,30,34,35,36,37,38,39,40,41,42,43,44,45,46)/p+2. The molecule has 3 amide bonds. The van der Waals surface area contributed by atoms with E-state index in [-0.39, 0.29) is 16.8 Å². The molecule has 2 bridgehead atoms. The van der Waals surface area contributed by atoms with Crippen LogP contribution in [0.2, 0.25) is 0 Å². The third kappa shape index (κ3) is 5.10. The summed E-state index contributed by atoms with van der Waals surface area (Å²) in [6, 6.07) is 7.77. The minimum atomic E-state index is -5.73. The van der Waals surface area contributed by atoms with E-state index in [0.29, 0.717) is 6.08 Å². The number of nitrogens with zero attached hydrogens (tertiary/aromatic N) is 2. The molecule has 0 fully saturated rings. The third-order valence-electron chi connectivity index (χ3n) is 9.01. The van der Waals surface area contributed by atoms with Gasteiger partial charge in [0, 0.05) is 18.8 Å². The minimum Gasteiger partial charge on any atom is -0.343 e. The first-order valence-corrected chi connectivity index (χ1v) is 19.8. The van der Waals surface area contributed by atoms with Gasteiger partial charge in [0.05, 0.1) is 19.0 Å². The molecule has 2 aliphatic carbocycles. The first-order valence-electron chi connectivity index (χ1n) is 14.0. The molecule has 0 saturated carbocycles. The molecule has 1 aromatic heterocycles. The van der Waals surface area contributed by atoms with Crippen LogP contribution >= 0.6 is 0 Å². The highest BCUT2D eigenvalue weighted by atomic mass is 32.2. The molecule has 3 unspecified atom stereocenters. The Morgan fingerprint density at radius 3 is 2.10 bits per heavy atom. The molecule has 1 aliphatic heterocycles. The van der Waals surface area contributed by atoms with Crippen molar-refractivity contribution in [2.24, 2.45) is 7.05 Å². The molecule has 50 heavy (non-hydrogen) atoms. The number of rotatable bonds is 7. The number of nitrogens with one attached hydrogen (secondary N) is 2. The summed E-state index contributed by atoms with van der Waals surface area (Å²) in [5.74, 6) is -1.27. The number of benzene rings is 2. The summed E-state index contributed by atoms with van der Waals surface area (Å²) >= 11 is 0. The van der Waals surface area contributed by atoms with Crippen LogP contribution in [0.5, 0.6) is 0 Å². The minimum absolute atomic E-state index is 0.179. The quantitative estimate of drug-likeness (QED) is 0.127. The normalized spacial score (nSPS) is 21.8. The van der Waals surface area contributed by atoms with Crippen LogP contribution in [-0.4, -0.2) is 95.8 Å². The van der Waals surface area contributed by atoms with Crippen molar-refractivity contribution in [2.45, 2.75) is 26.3 Å². The summed E-state index contributed by atoms with van der Waals surface area (Å²) in [7, 11) is -19.1. The number of hydrogen-bond acceptors (Lipinski definition) is 10.